The maximum atomic E-state index is 3.60. The summed E-state index contributed by atoms with van der Waals surface area (Å²) in [6.07, 6.45) is 2.68. The van der Waals surface area contributed by atoms with Crippen molar-refractivity contribution in [2.45, 2.75) is 51.6 Å². The van der Waals surface area contributed by atoms with Crippen LogP contribution in [0.15, 0.2) is 0 Å². The van der Waals surface area contributed by atoms with Crippen LogP contribution in [0.4, 0.5) is 0 Å². The Labute approximate surface area is 76.1 Å². The highest BCUT2D eigenvalue weighted by Crippen LogP contribution is 2.34. The Morgan fingerprint density at radius 1 is 1.33 bits per heavy atom. The molecule has 1 saturated carbocycles. The quantitative estimate of drug-likeness (QED) is 0.653. The summed E-state index contributed by atoms with van der Waals surface area (Å²) in [5.41, 5.74) is 0.701. The van der Waals surface area contributed by atoms with Crippen molar-refractivity contribution in [3.05, 3.63) is 0 Å². The molecule has 0 radical (unpaired) electrons. The highest BCUT2D eigenvalue weighted by molar-refractivity contribution is 4.99. The predicted octanol–water partition coefficient (Wildman–Crippen LogP) is 1.52. The summed E-state index contributed by atoms with van der Waals surface area (Å²) in [7, 11) is 0. The van der Waals surface area contributed by atoms with Gasteiger partial charge < -0.3 is 10.6 Å². The van der Waals surface area contributed by atoms with Crippen LogP contribution >= 0.6 is 0 Å². The van der Waals surface area contributed by atoms with E-state index in [2.05, 4.69) is 38.3 Å². The molecule has 0 aliphatic heterocycles. The fraction of sp³-hybridized carbons (Fsp3) is 1.00. The Hall–Kier alpha value is -0.0800. The van der Waals surface area contributed by atoms with Gasteiger partial charge in [-0.2, -0.15) is 0 Å². The zero-order valence-corrected chi connectivity index (χ0v) is 8.83. The number of likely N-dealkylation sites (N-methyl/N-ethyl adjacent to an activating group) is 1. The Kier molecular flexibility index (Phi) is 2.79. The highest BCUT2D eigenvalue weighted by atomic mass is 15.1. The van der Waals surface area contributed by atoms with Crippen molar-refractivity contribution in [2.24, 2.45) is 0 Å². The smallest absolute Gasteiger partial charge is 0.0249 e. The molecule has 0 amide bonds. The van der Waals surface area contributed by atoms with Crippen LogP contribution in [0.1, 0.15) is 40.5 Å². The van der Waals surface area contributed by atoms with Gasteiger partial charge in [-0.05, 0) is 40.2 Å². The fourth-order valence-electron chi connectivity index (χ4n) is 1.34. The minimum atomic E-state index is 0.236. The second-order valence-corrected chi connectivity index (χ2v) is 4.83. The summed E-state index contributed by atoms with van der Waals surface area (Å²) < 4.78 is 0. The van der Waals surface area contributed by atoms with Crippen LogP contribution in [0, 0.1) is 0 Å². The minimum absolute atomic E-state index is 0.236. The molecule has 0 aromatic heterocycles. The van der Waals surface area contributed by atoms with Gasteiger partial charge in [0.05, 0.1) is 0 Å². The standard InChI is InChI=1S/C10H22N2/c1-5-11-9(2,3)8-12-10(4)6-7-10/h11-12H,5-8H2,1-4H3. The van der Waals surface area contributed by atoms with Gasteiger partial charge in [0, 0.05) is 17.6 Å². The number of nitrogens with one attached hydrogen (secondary N) is 2. The van der Waals surface area contributed by atoms with E-state index in [-0.39, 0.29) is 5.54 Å². The van der Waals surface area contributed by atoms with Gasteiger partial charge in [-0.25, -0.2) is 0 Å². The van der Waals surface area contributed by atoms with Crippen molar-refractivity contribution in [2.75, 3.05) is 13.1 Å². The van der Waals surface area contributed by atoms with E-state index in [0.717, 1.165) is 13.1 Å². The van der Waals surface area contributed by atoms with Gasteiger partial charge in [-0.1, -0.05) is 6.92 Å². The van der Waals surface area contributed by atoms with Crippen LogP contribution in [0.3, 0.4) is 0 Å². The van der Waals surface area contributed by atoms with Gasteiger partial charge in [0.15, 0.2) is 0 Å². The first-order valence-electron chi connectivity index (χ1n) is 4.97. The van der Waals surface area contributed by atoms with Gasteiger partial charge in [0.2, 0.25) is 0 Å². The van der Waals surface area contributed by atoms with Gasteiger partial charge in [-0.15, -0.1) is 0 Å². The van der Waals surface area contributed by atoms with Crippen LogP contribution in [-0.4, -0.2) is 24.2 Å². The van der Waals surface area contributed by atoms with E-state index < -0.39 is 0 Å². The van der Waals surface area contributed by atoms with E-state index in [1.54, 1.807) is 0 Å². The summed E-state index contributed by atoms with van der Waals surface area (Å²) in [5.74, 6) is 0. The Morgan fingerprint density at radius 3 is 2.33 bits per heavy atom. The number of hydrogen-bond donors (Lipinski definition) is 2. The Bertz CT molecular complexity index is 148. The molecule has 2 nitrogen and oxygen atoms in total. The lowest BCUT2D eigenvalue weighted by Gasteiger charge is -2.28. The lowest BCUT2D eigenvalue weighted by Crippen LogP contribution is -2.50. The van der Waals surface area contributed by atoms with E-state index in [4.69, 9.17) is 0 Å². The van der Waals surface area contributed by atoms with Crippen LogP contribution in [0.25, 0.3) is 0 Å². The van der Waals surface area contributed by atoms with E-state index in [1.165, 1.54) is 12.8 Å². The van der Waals surface area contributed by atoms with Crippen molar-refractivity contribution in [3.63, 3.8) is 0 Å². The molecule has 0 spiro atoms. The normalized spacial score (nSPS) is 21.0. The third kappa shape index (κ3) is 3.11. The van der Waals surface area contributed by atoms with E-state index in [0.29, 0.717) is 5.54 Å². The van der Waals surface area contributed by atoms with Crippen molar-refractivity contribution >= 4 is 0 Å². The average Bonchev–Trinajstić information content (AvgIpc) is 2.66. The second-order valence-electron chi connectivity index (χ2n) is 4.83. The average molecular weight is 170 g/mol. The van der Waals surface area contributed by atoms with E-state index in [1.807, 2.05) is 0 Å². The van der Waals surface area contributed by atoms with Crippen molar-refractivity contribution < 1.29 is 0 Å². The van der Waals surface area contributed by atoms with Crippen molar-refractivity contribution in [1.29, 1.82) is 0 Å². The Morgan fingerprint density at radius 2 is 1.92 bits per heavy atom. The molecule has 0 saturated heterocycles. The SMILES string of the molecule is CCNC(C)(C)CNC1(C)CC1. The molecule has 2 N–H and O–H groups in total. The highest BCUT2D eigenvalue weighted by Gasteiger charge is 2.37. The molecule has 1 aliphatic carbocycles. The van der Waals surface area contributed by atoms with E-state index >= 15 is 0 Å². The molecule has 0 aromatic carbocycles. The van der Waals surface area contributed by atoms with Crippen LogP contribution in [0.2, 0.25) is 0 Å². The second kappa shape index (κ2) is 3.35. The van der Waals surface area contributed by atoms with Gasteiger partial charge in [0.25, 0.3) is 0 Å². The van der Waals surface area contributed by atoms with Crippen LogP contribution in [-0.2, 0) is 0 Å². The molecule has 0 unspecified atom stereocenters. The first-order chi connectivity index (χ1) is 5.47. The third-order valence-electron chi connectivity index (χ3n) is 2.61. The maximum absolute atomic E-state index is 3.60. The lowest BCUT2D eigenvalue weighted by molar-refractivity contribution is 0.350. The lowest BCUT2D eigenvalue weighted by atomic mass is 10.1. The topological polar surface area (TPSA) is 24.1 Å². The number of hydrogen-bond acceptors (Lipinski definition) is 2. The zero-order valence-electron chi connectivity index (χ0n) is 8.83. The molecule has 12 heavy (non-hydrogen) atoms. The predicted molar refractivity (Wildman–Crippen MR) is 53.4 cm³/mol. The molecule has 1 rings (SSSR count). The Balaban J connectivity index is 2.20. The van der Waals surface area contributed by atoms with Gasteiger partial charge in [0.1, 0.15) is 0 Å². The first kappa shape index (κ1) is 10.0. The summed E-state index contributed by atoms with van der Waals surface area (Å²) in [4.78, 5) is 0. The largest absolute Gasteiger partial charge is 0.311 e. The molecular weight excluding hydrogens is 148 g/mol. The van der Waals surface area contributed by atoms with Gasteiger partial charge in [-0.3, -0.25) is 0 Å². The molecule has 2 heteroatoms. The zero-order chi connectivity index (χ0) is 9.24. The molecule has 0 aromatic rings. The van der Waals surface area contributed by atoms with Gasteiger partial charge >= 0.3 is 0 Å². The third-order valence-corrected chi connectivity index (χ3v) is 2.61. The first-order valence-corrected chi connectivity index (χ1v) is 4.97. The summed E-state index contributed by atoms with van der Waals surface area (Å²) in [6, 6.07) is 0. The summed E-state index contributed by atoms with van der Waals surface area (Å²) in [5, 5.41) is 7.06. The van der Waals surface area contributed by atoms with Crippen molar-refractivity contribution in [1.82, 2.24) is 10.6 Å². The summed E-state index contributed by atoms with van der Waals surface area (Å²) >= 11 is 0. The molecule has 0 bridgehead atoms. The van der Waals surface area contributed by atoms with Crippen molar-refractivity contribution in [3.8, 4) is 0 Å². The summed E-state index contributed by atoms with van der Waals surface area (Å²) in [6.45, 7) is 11.1. The monoisotopic (exact) mass is 170 g/mol. The molecule has 72 valence electrons. The van der Waals surface area contributed by atoms with E-state index in [9.17, 15) is 0 Å². The molecule has 1 fully saturated rings. The molecule has 0 atom stereocenters. The maximum Gasteiger partial charge on any atom is 0.0249 e. The number of rotatable bonds is 5. The minimum Gasteiger partial charge on any atom is -0.311 e. The van der Waals surface area contributed by atoms with Crippen LogP contribution in [0.5, 0.6) is 0 Å². The molecule has 1 aliphatic rings. The molecular formula is C10H22N2. The molecule has 0 heterocycles. The fourth-order valence-corrected chi connectivity index (χ4v) is 1.34. The van der Waals surface area contributed by atoms with Crippen LogP contribution < -0.4 is 10.6 Å².